The second-order valence-corrected chi connectivity index (χ2v) is 7.41. The fraction of sp³-hybridized carbons (Fsp3) is 0.0870. The molecule has 3 N–H and O–H groups in total. The zero-order valence-electron chi connectivity index (χ0n) is 16.4. The summed E-state index contributed by atoms with van der Waals surface area (Å²) < 4.78 is 5.75. The van der Waals surface area contributed by atoms with Crippen LogP contribution in [0, 0.1) is 13.8 Å². The van der Waals surface area contributed by atoms with E-state index in [1.165, 1.54) is 6.07 Å². The zero-order chi connectivity index (χ0) is 21.3. The number of thiocarbonyl (C=S) groups is 1. The van der Waals surface area contributed by atoms with E-state index in [1.54, 1.807) is 24.3 Å². The van der Waals surface area contributed by atoms with Crippen molar-refractivity contribution < 1.29 is 14.3 Å². The van der Waals surface area contributed by atoms with Crippen LogP contribution >= 0.6 is 12.2 Å². The summed E-state index contributed by atoms with van der Waals surface area (Å²) in [5.41, 5.74) is 4.94. The monoisotopic (exact) mass is 417 g/mol. The Morgan fingerprint density at radius 1 is 1.03 bits per heavy atom. The van der Waals surface area contributed by atoms with E-state index < -0.39 is 0 Å². The lowest BCUT2D eigenvalue weighted by Crippen LogP contribution is -2.34. The molecule has 0 bridgehead atoms. The molecule has 4 rings (SSSR count). The predicted molar refractivity (Wildman–Crippen MR) is 121 cm³/mol. The van der Waals surface area contributed by atoms with Gasteiger partial charge in [0.2, 0.25) is 5.89 Å². The molecular weight excluding hydrogens is 398 g/mol. The van der Waals surface area contributed by atoms with Crippen LogP contribution in [-0.4, -0.2) is 21.1 Å². The largest absolute Gasteiger partial charge is 0.507 e. The zero-order valence-corrected chi connectivity index (χ0v) is 17.2. The Hall–Kier alpha value is -3.71. The second-order valence-electron chi connectivity index (χ2n) is 7.00. The highest BCUT2D eigenvalue weighted by atomic mass is 32.1. The van der Waals surface area contributed by atoms with Gasteiger partial charge in [0.25, 0.3) is 5.91 Å². The van der Waals surface area contributed by atoms with E-state index in [-0.39, 0.29) is 16.8 Å². The Morgan fingerprint density at radius 3 is 2.60 bits per heavy atom. The van der Waals surface area contributed by atoms with Gasteiger partial charge in [0.15, 0.2) is 10.7 Å². The molecule has 0 fully saturated rings. The number of fused-ring (bicyclic) bond motifs is 1. The Labute approximate surface area is 178 Å². The van der Waals surface area contributed by atoms with Crippen molar-refractivity contribution in [1.29, 1.82) is 0 Å². The number of carbonyl (C=O) groups is 1. The first-order valence-corrected chi connectivity index (χ1v) is 9.69. The third-order valence-corrected chi connectivity index (χ3v) is 4.74. The highest BCUT2D eigenvalue weighted by molar-refractivity contribution is 7.80. The van der Waals surface area contributed by atoms with Gasteiger partial charge in [0.05, 0.1) is 5.56 Å². The molecule has 1 heterocycles. The standard InChI is InChI=1S/C23H19N3O3S/c1-13-4-3-5-15(10-13)21(28)26-23(30)24-16-7-8-17(19(27)12-16)22-25-18-11-14(2)6-9-20(18)29-22/h3-12,27H,1-2H3,(H2,24,26,28,30). The molecule has 0 atom stereocenters. The maximum absolute atomic E-state index is 12.3. The van der Waals surface area contributed by atoms with Crippen LogP contribution in [0.2, 0.25) is 0 Å². The topological polar surface area (TPSA) is 87.4 Å². The van der Waals surface area contributed by atoms with Gasteiger partial charge in [-0.1, -0.05) is 23.8 Å². The van der Waals surface area contributed by atoms with Gasteiger partial charge in [0, 0.05) is 17.3 Å². The number of nitrogens with one attached hydrogen (secondary N) is 2. The number of oxazole rings is 1. The molecule has 7 heteroatoms. The van der Waals surface area contributed by atoms with Gasteiger partial charge in [-0.25, -0.2) is 4.98 Å². The van der Waals surface area contributed by atoms with E-state index >= 15 is 0 Å². The molecule has 4 aromatic rings. The molecule has 30 heavy (non-hydrogen) atoms. The van der Waals surface area contributed by atoms with Crippen LogP contribution in [0.4, 0.5) is 5.69 Å². The van der Waals surface area contributed by atoms with Crippen LogP contribution < -0.4 is 10.6 Å². The molecule has 0 saturated heterocycles. The quantitative estimate of drug-likeness (QED) is 0.409. The highest BCUT2D eigenvalue weighted by Gasteiger charge is 2.14. The minimum Gasteiger partial charge on any atom is -0.507 e. The number of phenolic OH excluding ortho intramolecular Hbond substituents is 1. The number of amides is 1. The fourth-order valence-corrected chi connectivity index (χ4v) is 3.28. The van der Waals surface area contributed by atoms with E-state index in [4.69, 9.17) is 16.6 Å². The summed E-state index contributed by atoms with van der Waals surface area (Å²) in [6, 6.07) is 17.8. The smallest absolute Gasteiger partial charge is 0.257 e. The normalized spacial score (nSPS) is 10.7. The first-order chi connectivity index (χ1) is 14.4. The van der Waals surface area contributed by atoms with Crippen LogP contribution in [0.1, 0.15) is 21.5 Å². The van der Waals surface area contributed by atoms with Crippen molar-refractivity contribution in [2.45, 2.75) is 13.8 Å². The molecule has 1 aromatic heterocycles. The number of rotatable bonds is 3. The summed E-state index contributed by atoms with van der Waals surface area (Å²) in [7, 11) is 0. The molecule has 0 radical (unpaired) electrons. The van der Waals surface area contributed by atoms with E-state index in [9.17, 15) is 9.90 Å². The third kappa shape index (κ3) is 4.16. The molecule has 6 nitrogen and oxygen atoms in total. The molecule has 0 saturated carbocycles. The molecule has 0 aliphatic carbocycles. The van der Waals surface area contributed by atoms with Gasteiger partial charge in [-0.05, 0) is 68.0 Å². The summed E-state index contributed by atoms with van der Waals surface area (Å²) >= 11 is 5.21. The minimum atomic E-state index is -0.307. The molecular formula is C23H19N3O3S. The highest BCUT2D eigenvalue weighted by Crippen LogP contribution is 2.33. The van der Waals surface area contributed by atoms with Gasteiger partial charge < -0.3 is 14.8 Å². The molecule has 1 amide bonds. The lowest BCUT2D eigenvalue weighted by atomic mass is 10.1. The van der Waals surface area contributed by atoms with Crippen molar-refractivity contribution in [1.82, 2.24) is 10.3 Å². The summed E-state index contributed by atoms with van der Waals surface area (Å²) in [5.74, 6) is 0.00452. The predicted octanol–water partition coefficient (Wildman–Crippen LogP) is 4.94. The number of aryl methyl sites for hydroxylation is 2. The number of aromatic nitrogens is 1. The van der Waals surface area contributed by atoms with Crippen LogP contribution in [-0.2, 0) is 0 Å². The van der Waals surface area contributed by atoms with Crippen LogP contribution in [0.5, 0.6) is 5.75 Å². The SMILES string of the molecule is Cc1cccc(C(=O)NC(=S)Nc2ccc(-c3nc4cc(C)ccc4o3)c(O)c2)c1. The summed E-state index contributed by atoms with van der Waals surface area (Å²) in [5, 5.41) is 16.1. The molecule has 0 spiro atoms. The van der Waals surface area contributed by atoms with Gasteiger partial charge in [-0.3, -0.25) is 10.1 Å². The number of nitrogens with zero attached hydrogens (tertiary/aromatic N) is 1. The van der Waals surface area contributed by atoms with Crippen LogP contribution in [0.15, 0.2) is 65.1 Å². The Balaban J connectivity index is 1.48. The Kier molecular flexibility index (Phi) is 5.20. The number of hydrogen-bond donors (Lipinski definition) is 3. The number of phenols is 1. The summed E-state index contributed by atoms with van der Waals surface area (Å²) in [6.45, 7) is 3.89. The van der Waals surface area contributed by atoms with E-state index in [0.29, 0.717) is 28.3 Å². The lowest BCUT2D eigenvalue weighted by Gasteiger charge is -2.11. The molecule has 0 aliphatic heterocycles. The van der Waals surface area contributed by atoms with E-state index in [0.717, 1.165) is 16.6 Å². The van der Waals surface area contributed by atoms with Crippen LogP contribution in [0.25, 0.3) is 22.6 Å². The van der Waals surface area contributed by atoms with Gasteiger partial charge >= 0.3 is 0 Å². The van der Waals surface area contributed by atoms with Gasteiger partial charge in [-0.2, -0.15) is 0 Å². The first kappa shape index (κ1) is 19.6. The second kappa shape index (κ2) is 7.96. The number of carbonyl (C=O) groups excluding carboxylic acids is 1. The molecule has 150 valence electrons. The first-order valence-electron chi connectivity index (χ1n) is 9.28. The average Bonchev–Trinajstić information content (AvgIpc) is 3.10. The van der Waals surface area contributed by atoms with E-state index in [1.807, 2.05) is 44.2 Å². The Morgan fingerprint density at radius 2 is 1.83 bits per heavy atom. The maximum atomic E-state index is 12.3. The van der Waals surface area contributed by atoms with Crippen molar-refractivity contribution in [2.24, 2.45) is 0 Å². The minimum absolute atomic E-state index is 0.0175. The number of aromatic hydroxyl groups is 1. The summed E-state index contributed by atoms with van der Waals surface area (Å²) in [4.78, 5) is 16.7. The Bertz CT molecular complexity index is 1280. The lowest BCUT2D eigenvalue weighted by molar-refractivity contribution is 0.0977. The molecule has 0 aliphatic rings. The van der Waals surface area contributed by atoms with Crippen molar-refractivity contribution in [3.63, 3.8) is 0 Å². The van der Waals surface area contributed by atoms with Crippen molar-refractivity contribution >= 4 is 40.0 Å². The average molecular weight is 417 g/mol. The third-order valence-electron chi connectivity index (χ3n) is 4.54. The number of anilines is 1. The fourth-order valence-electron chi connectivity index (χ4n) is 3.07. The van der Waals surface area contributed by atoms with E-state index in [2.05, 4.69) is 15.6 Å². The molecule has 3 aromatic carbocycles. The summed E-state index contributed by atoms with van der Waals surface area (Å²) in [6.07, 6.45) is 0. The van der Waals surface area contributed by atoms with Gasteiger partial charge in [-0.15, -0.1) is 0 Å². The molecule has 0 unspecified atom stereocenters. The number of benzene rings is 3. The number of hydrogen-bond acceptors (Lipinski definition) is 5. The van der Waals surface area contributed by atoms with Crippen molar-refractivity contribution in [2.75, 3.05) is 5.32 Å². The van der Waals surface area contributed by atoms with Crippen molar-refractivity contribution in [3.05, 3.63) is 77.4 Å². The van der Waals surface area contributed by atoms with Crippen molar-refractivity contribution in [3.8, 4) is 17.2 Å². The maximum Gasteiger partial charge on any atom is 0.257 e. The van der Waals surface area contributed by atoms with Crippen LogP contribution in [0.3, 0.4) is 0 Å². The van der Waals surface area contributed by atoms with Gasteiger partial charge in [0.1, 0.15) is 11.3 Å².